The Bertz CT molecular complexity index is 807. The first-order valence-corrected chi connectivity index (χ1v) is 9.77. The summed E-state index contributed by atoms with van der Waals surface area (Å²) >= 11 is 6.01. The van der Waals surface area contributed by atoms with Gasteiger partial charge in [-0.25, -0.2) is 0 Å². The average Bonchev–Trinajstić information content (AvgIpc) is 3.15. The molecule has 2 aromatic carbocycles. The highest BCUT2D eigenvalue weighted by molar-refractivity contribution is 6.30. The molecule has 0 atom stereocenters. The molecule has 2 aromatic rings. The molecule has 0 aliphatic heterocycles. The molecule has 1 fully saturated rings. The molecule has 0 radical (unpaired) electrons. The zero-order valence-corrected chi connectivity index (χ0v) is 16.5. The van der Waals surface area contributed by atoms with Crippen LogP contribution >= 0.6 is 11.6 Å². The molecular weight excluding hydrogens is 360 g/mol. The SMILES string of the molecule is CC(C)C(=O)Nc1ccc(NC(=O)C2(c3ccc(Cl)cc3)CCCC2)cc1. The number of benzene rings is 2. The smallest absolute Gasteiger partial charge is 0.235 e. The van der Waals surface area contributed by atoms with Crippen LogP contribution in [0, 0.1) is 5.92 Å². The van der Waals surface area contributed by atoms with Gasteiger partial charge in [0, 0.05) is 22.3 Å². The molecule has 1 aliphatic rings. The van der Waals surface area contributed by atoms with Crippen molar-refractivity contribution in [2.45, 2.75) is 44.9 Å². The lowest BCUT2D eigenvalue weighted by atomic mass is 9.78. The molecule has 0 aromatic heterocycles. The highest BCUT2D eigenvalue weighted by atomic mass is 35.5. The first-order valence-electron chi connectivity index (χ1n) is 9.39. The van der Waals surface area contributed by atoms with E-state index in [4.69, 9.17) is 11.6 Å². The van der Waals surface area contributed by atoms with Crippen LogP contribution in [-0.4, -0.2) is 11.8 Å². The van der Waals surface area contributed by atoms with Crippen LogP contribution in [0.3, 0.4) is 0 Å². The maximum atomic E-state index is 13.2. The number of hydrogen-bond acceptors (Lipinski definition) is 2. The van der Waals surface area contributed by atoms with Gasteiger partial charge in [0.15, 0.2) is 0 Å². The third kappa shape index (κ3) is 4.33. The molecule has 0 bridgehead atoms. The van der Waals surface area contributed by atoms with Crippen molar-refractivity contribution in [1.82, 2.24) is 0 Å². The van der Waals surface area contributed by atoms with E-state index in [-0.39, 0.29) is 17.7 Å². The minimum Gasteiger partial charge on any atom is -0.326 e. The summed E-state index contributed by atoms with van der Waals surface area (Å²) in [4.78, 5) is 24.9. The fourth-order valence-corrected chi connectivity index (χ4v) is 3.69. The van der Waals surface area contributed by atoms with Crippen LogP contribution in [0.1, 0.15) is 45.1 Å². The number of halogens is 1. The van der Waals surface area contributed by atoms with Crippen molar-refractivity contribution in [3.8, 4) is 0 Å². The van der Waals surface area contributed by atoms with E-state index < -0.39 is 5.41 Å². The molecule has 5 heteroatoms. The lowest BCUT2D eigenvalue weighted by Crippen LogP contribution is -2.37. The van der Waals surface area contributed by atoms with E-state index in [1.54, 1.807) is 12.1 Å². The number of amides is 2. The predicted molar refractivity (Wildman–Crippen MR) is 110 cm³/mol. The van der Waals surface area contributed by atoms with Crippen LogP contribution in [0.15, 0.2) is 48.5 Å². The van der Waals surface area contributed by atoms with Crippen molar-refractivity contribution in [3.05, 3.63) is 59.1 Å². The molecule has 0 saturated heterocycles. The van der Waals surface area contributed by atoms with E-state index in [0.29, 0.717) is 5.02 Å². The average molecular weight is 385 g/mol. The number of anilines is 2. The van der Waals surface area contributed by atoms with Crippen LogP contribution in [0.5, 0.6) is 0 Å². The van der Waals surface area contributed by atoms with Crippen molar-refractivity contribution in [3.63, 3.8) is 0 Å². The lowest BCUT2D eigenvalue weighted by molar-refractivity contribution is -0.121. The zero-order chi connectivity index (χ0) is 19.4. The Morgan fingerprint density at radius 3 is 1.93 bits per heavy atom. The third-order valence-corrected chi connectivity index (χ3v) is 5.48. The van der Waals surface area contributed by atoms with Crippen molar-refractivity contribution in [1.29, 1.82) is 0 Å². The van der Waals surface area contributed by atoms with E-state index in [1.165, 1.54) is 0 Å². The Hall–Kier alpha value is -2.33. The second kappa shape index (κ2) is 8.13. The number of nitrogens with one attached hydrogen (secondary N) is 2. The summed E-state index contributed by atoms with van der Waals surface area (Å²) in [6, 6.07) is 14.8. The minimum atomic E-state index is -0.505. The number of hydrogen-bond donors (Lipinski definition) is 2. The first kappa shape index (κ1) is 19.4. The zero-order valence-electron chi connectivity index (χ0n) is 15.7. The molecule has 0 spiro atoms. The Morgan fingerprint density at radius 1 is 0.889 bits per heavy atom. The monoisotopic (exact) mass is 384 g/mol. The van der Waals surface area contributed by atoms with Crippen molar-refractivity contribution < 1.29 is 9.59 Å². The largest absolute Gasteiger partial charge is 0.326 e. The summed E-state index contributed by atoms with van der Waals surface area (Å²) in [5.74, 6) is -0.0910. The van der Waals surface area contributed by atoms with Crippen LogP contribution in [0.2, 0.25) is 5.02 Å². The van der Waals surface area contributed by atoms with Crippen LogP contribution in [0.4, 0.5) is 11.4 Å². The second-order valence-electron chi connectivity index (χ2n) is 7.47. The molecular formula is C22H25ClN2O2. The number of carbonyl (C=O) groups is 2. The van der Waals surface area contributed by atoms with Gasteiger partial charge in [0.1, 0.15) is 0 Å². The van der Waals surface area contributed by atoms with Gasteiger partial charge in [0.2, 0.25) is 11.8 Å². The number of rotatable bonds is 5. The fourth-order valence-electron chi connectivity index (χ4n) is 3.57. The summed E-state index contributed by atoms with van der Waals surface area (Å²) in [5, 5.41) is 6.58. The second-order valence-corrected chi connectivity index (χ2v) is 7.91. The molecule has 27 heavy (non-hydrogen) atoms. The molecule has 3 rings (SSSR count). The molecule has 2 amide bonds. The summed E-state index contributed by atoms with van der Waals surface area (Å²) in [7, 11) is 0. The van der Waals surface area contributed by atoms with E-state index in [2.05, 4.69) is 10.6 Å². The van der Waals surface area contributed by atoms with Gasteiger partial charge in [0.05, 0.1) is 5.41 Å². The van der Waals surface area contributed by atoms with Gasteiger partial charge in [-0.2, -0.15) is 0 Å². The third-order valence-electron chi connectivity index (χ3n) is 5.22. The Morgan fingerprint density at radius 2 is 1.41 bits per heavy atom. The molecule has 2 N–H and O–H groups in total. The summed E-state index contributed by atoms with van der Waals surface area (Å²) in [5.41, 5.74) is 1.96. The van der Waals surface area contributed by atoms with Gasteiger partial charge in [-0.1, -0.05) is 50.4 Å². The normalized spacial score (nSPS) is 15.6. The van der Waals surface area contributed by atoms with Crippen LogP contribution in [0.25, 0.3) is 0 Å². The lowest BCUT2D eigenvalue weighted by Gasteiger charge is -2.28. The molecule has 142 valence electrons. The van der Waals surface area contributed by atoms with E-state index in [0.717, 1.165) is 42.6 Å². The van der Waals surface area contributed by atoms with Gasteiger partial charge in [-0.15, -0.1) is 0 Å². The van der Waals surface area contributed by atoms with Crippen molar-refractivity contribution in [2.75, 3.05) is 10.6 Å². The Kier molecular flexibility index (Phi) is 5.85. The minimum absolute atomic E-state index is 0.0151. The molecule has 0 unspecified atom stereocenters. The maximum absolute atomic E-state index is 13.2. The molecule has 0 heterocycles. The van der Waals surface area contributed by atoms with Crippen LogP contribution < -0.4 is 10.6 Å². The van der Waals surface area contributed by atoms with E-state index in [9.17, 15) is 9.59 Å². The van der Waals surface area contributed by atoms with Gasteiger partial charge >= 0.3 is 0 Å². The Balaban J connectivity index is 1.75. The Labute approximate surface area is 165 Å². The molecule has 1 aliphatic carbocycles. The van der Waals surface area contributed by atoms with Gasteiger partial charge < -0.3 is 10.6 Å². The highest BCUT2D eigenvalue weighted by Crippen LogP contribution is 2.42. The standard InChI is InChI=1S/C22H25ClN2O2/c1-15(2)20(26)24-18-9-11-19(12-10-18)25-21(27)22(13-3-4-14-22)16-5-7-17(23)8-6-16/h5-12,15H,3-4,13-14H2,1-2H3,(H,24,26)(H,25,27). The van der Waals surface area contributed by atoms with Gasteiger partial charge in [-0.05, 0) is 54.8 Å². The topological polar surface area (TPSA) is 58.2 Å². The van der Waals surface area contributed by atoms with Crippen molar-refractivity contribution in [2.24, 2.45) is 5.92 Å². The van der Waals surface area contributed by atoms with Gasteiger partial charge in [0.25, 0.3) is 0 Å². The molecule has 1 saturated carbocycles. The predicted octanol–water partition coefficient (Wildman–Crippen LogP) is 5.39. The first-order chi connectivity index (χ1) is 12.9. The molecule has 4 nitrogen and oxygen atoms in total. The summed E-state index contributed by atoms with van der Waals surface area (Å²) in [6.45, 7) is 3.70. The quantitative estimate of drug-likeness (QED) is 0.726. The van der Waals surface area contributed by atoms with Crippen molar-refractivity contribution >= 4 is 34.8 Å². The van der Waals surface area contributed by atoms with Crippen LogP contribution in [-0.2, 0) is 15.0 Å². The maximum Gasteiger partial charge on any atom is 0.235 e. The van der Waals surface area contributed by atoms with E-state index in [1.807, 2.05) is 50.2 Å². The summed E-state index contributed by atoms with van der Waals surface area (Å²) in [6.07, 6.45) is 3.75. The van der Waals surface area contributed by atoms with E-state index >= 15 is 0 Å². The highest BCUT2D eigenvalue weighted by Gasteiger charge is 2.42. The summed E-state index contributed by atoms with van der Waals surface area (Å²) < 4.78 is 0. The van der Waals surface area contributed by atoms with Gasteiger partial charge in [-0.3, -0.25) is 9.59 Å². The number of carbonyl (C=O) groups excluding carboxylic acids is 2. The fraction of sp³-hybridized carbons (Fsp3) is 0.364.